The number of nitrogens with zero attached hydrogens (tertiary/aromatic N) is 2. The molecule has 2 aromatic carbocycles. The van der Waals surface area contributed by atoms with Gasteiger partial charge in [-0.2, -0.15) is 9.98 Å². The Morgan fingerprint density at radius 3 is 1.60 bits per heavy atom. The number of aliphatic imine (C=N–C) groups is 2. The van der Waals surface area contributed by atoms with Gasteiger partial charge in [0, 0.05) is 9.79 Å². The summed E-state index contributed by atoms with van der Waals surface area (Å²) in [7, 11) is 3.05. The molecule has 2 aromatic rings. The van der Waals surface area contributed by atoms with Gasteiger partial charge in [-0.05, 0) is 36.4 Å². The molecule has 20 heavy (non-hydrogen) atoms. The maximum Gasteiger partial charge on any atom is 0.240 e. The van der Waals surface area contributed by atoms with Crippen molar-refractivity contribution >= 4 is 45.1 Å². The average Bonchev–Trinajstić information content (AvgIpc) is 2.47. The van der Waals surface area contributed by atoms with Gasteiger partial charge in [0.1, 0.15) is 0 Å². The van der Waals surface area contributed by atoms with Crippen molar-refractivity contribution in [2.24, 2.45) is 9.98 Å². The summed E-state index contributed by atoms with van der Waals surface area (Å²) < 4.78 is 0. The third kappa shape index (κ3) is 4.23. The molecule has 0 radical (unpaired) electrons. The van der Waals surface area contributed by atoms with Crippen molar-refractivity contribution in [1.29, 1.82) is 0 Å². The van der Waals surface area contributed by atoms with Gasteiger partial charge >= 0.3 is 0 Å². The monoisotopic (exact) mass is 300 g/mol. The van der Waals surface area contributed by atoms with E-state index in [1.165, 1.54) is 33.7 Å². The molecule has 4 nitrogen and oxygen atoms in total. The van der Waals surface area contributed by atoms with Crippen LogP contribution in [0.3, 0.4) is 0 Å². The van der Waals surface area contributed by atoms with Crippen LogP contribution in [-0.2, 0) is 9.59 Å². The molecule has 0 unspecified atom stereocenters. The van der Waals surface area contributed by atoms with Gasteiger partial charge in [-0.25, -0.2) is 9.59 Å². The van der Waals surface area contributed by atoms with Gasteiger partial charge in [0.15, 0.2) is 0 Å². The predicted molar refractivity (Wildman–Crippen MR) is 80.2 cm³/mol. The van der Waals surface area contributed by atoms with Crippen LogP contribution in [0.4, 0.5) is 11.4 Å². The molecule has 2 rings (SSSR count). The molecule has 0 fully saturated rings. The highest BCUT2D eigenvalue weighted by atomic mass is 33.1. The molecule has 0 aromatic heterocycles. The van der Waals surface area contributed by atoms with Crippen LogP contribution in [-0.4, -0.2) is 12.2 Å². The Morgan fingerprint density at radius 2 is 1.20 bits per heavy atom. The molecule has 0 aliphatic carbocycles. The van der Waals surface area contributed by atoms with E-state index in [0.29, 0.717) is 11.4 Å². The van der Waals surface area contributed by atoms with Gasteiger partial charge in [-0.15, -0.1) is 0 Å². The zero-order chi connectivity index (χ0) is 14.2. The van der Waals surface area contributed by atoms with Crippen LogP contribution in [0, 0.1) is 0 Å². The second-order valence-electron chi connectivity index (χ2n) is 3.57. The molecule has 0 aliphatic rings. The minimum absolute atomic E-state index is 0.574. The predicted octanol–water partition coefficient (Wildman–Crippen LogP) is 4.42. The summed E-state index contributed by atoms with van der Waals surface area (Å²) in [6, 6.07) is 14.6. The van der Waals surface area contributed by atoms with Crippen molar-refractivity contribution in [3.63, 3.8) is 0 Å². The van der Waals surface area contributed by atoms with Crippen molar-refractivity contribution in [2.75, 3.05) is 0 Å². The largest absolute Gasteiger partial charge is 0.240 e. The minimum atomic E-state index is 0.574. The summed E-state index contributed by atoms with van der Waals surface area (Å²) in [6.45, 7) is 0. The number of hydrogen-bond acceptors (Lipinski definition) is 6. The van der Waals surface area contributed by atoms with E-state index in [0.717, 1.165) is 9.79 Å². The third-order valence-electron chi connectivity index (χ3n) is 2.22. The van der Waals surface area contributed by atoms with Crippen LogP contribution in [0.25, 0.3) is 0 Å². The van der Waals surface area contributed by atoms with Crippen LogP contribution in [0.15, 0.2) is 68.3 Å². The van der Waals surface area contributed by atoms with Gasteiger partial charge in [0.05, 0.1) is 11.4 Å². The van der Waals surface area contributed by atoms with E-state index in [9.17, 15) is 9.59 Å². The summed E-state index contributed by atoms with van der Waals surface area (Å²) in [5.74, 6) is 0. The highest BCUT2D eigenvalue weighted by Crippen LogP contribution is 2.39. The van der Waals surface area contributed by atoms with Crippen LogP contribution in [0.2, 0.25) is 0 Å². The zero-order valence-corrected chi connectivity index (χ0v) is 11.8. The molecule has 0 spiro atoms. The zero-order valence-electron chi connectivity index (χ0n) is 10.1. The number of carbonyl (C=O) groups excluding carboxylic acids is 2. The first-order chi connectivity index (χ1) is 9.81. The molecule has 0 saturated carbocycles. The van der Waals surface area contributed by atoms with Crippen LogP contribution < -0.4 is 0 Å². The molecule has 98 valence electrons. The van der Waals surface area contributed by atoms with Crippen molar-refractivity contribution in [3.05, 3.63) is 48.5 Å². The Morgan fingerprint density at radius 1 is 0.750 bits per heavy atom. The molecule has 0 aliphatic heterocycles. The topological polar surface area (TPSA) is 58.9 Å². The fraction of sp³-hybridized carbons (Fsp3) is 0. The SMILES string of the molecule is O=C=Nc1cccc(SSc2cccc(N=C=O)c2)c1. The Bertz CT molecular complexity index is 644. The van der Waals surface area contributed by atoms with Crippen molar-refractivity contribution in [2.45, 2.75) is 9.79 Å². The minimum Gasteiger partial charge on any atom is -0.211 e. The maximum atomic E-state index is 10.2. The lowest BCUT2D eigenvalue weighted by Gasteiger charge is -2.02. The fourth-order valence-corrected chi connectivity index (χ4v) is 3.41. The molecule has 0 bridgehead atoms. The first-order valence-corrected chi connectivity index (χ1v) is 7.67. The van der Waals surface area contributed by atoms with E-state index in [2.05, 4.69) is 9.98 Å². The van der Waals surface area contributed by atoms with Gasteiger partial charge in [0.2, 0.25) is 12.2 Å². The Labute approximate surface area is 123 Å². The molecular formula is C14H8N2O2S2. The van der Waals surface area contributed by atoms with E-state index < -0.39 is 0 Å². The molecule has 0 N–H and O–H groups in total. The normalized spacial score (nSPS) is 9.40. The first kappa shape index (κ1) is 14.3. The van der Waals surface area contributed by atoms with Gasteiger partial charge in [-0.3, -0.25) is 0 Å². The average molecular weight is 300 g/mol. The lowest BCUT2D eigenvalue weighted by Crippen LogP contribution is -1.71. The summed E-state index contributed by atoms with van der Waals surface area (Å²) in [5.41, 5.74) is 1.15. The first-order valence-electron chi connectivity index (χ1n) is 5.52. The number of rotatable bonds is 5. The van der Waals surface area contributed by atoms with Crippen LogP contribution in [0.5, 0.6) is 0 Å². The molecule has 6 heteroatoms. The summed E-state index contributed by atoms with van der Waals surface area (Å²) in [6.07, 6.45) is 3.03. The highest BCUT2D eigenvalue weighted by molar-refractivity contribution is 8.76. The van der Waals surface area contributed by atoms with Crippen LogP contribution in [0.1, 0.15) is 0 Å². The van der Waals surface area contributed by atoms with Crippen molar-refractivity contribution in [3.8, 4) is 0 Å². The lowest BCUT2D eigenvalue weighted by molar-refractivity contribution is 0.564. The Balaban J connectivity index is 2.08. The third-order valence-corrected chi connectivity index (χ3v) is 4.60. The second-order valence-corrected chi connectivity index (χ2v) is 5.84. The Hall–Kier alpha value is -2.10. The van der Waals surface area contributed by atoms with E-state index in [1.54, 1.807) is 24.3 Å². The molecular weight excluding hydrogens is 292 g/mol. The standard InChI is InChI=1S/C14H8N2O2S2/c17-9-15-11-3-1-5-13(7-11)19-20-14-6-2-4-12(8-14)16-10-18/h1-8H. The molecule has 0 heterocycles. The number of benzene rings is 2. The summed E-state index contributed by atoms with van der Waals surface area (Å²) >= 11 is 0. The maximum absolute atomic E-state index is 10.2. The smallest absolute Gasteiger partial charge is 0.211 e. The van der Waals surface area contributed by atoms with Gasteiger partial charge in [0.25, 0.3) is 0 Å². The van der Waals surface area contributed by atoms with Crippen LogP contribution >= 0.6 is 21.6 Å². The molecule has 0 atom stereocenters. The Kier molecular flexibility index (Phi) is 5.35. The molecule has 0 amide bonds. The quantitative estimate of drug-likeness (QED) is 0.466. The summed E-state index contributed by atoms with van der Waals surface area (Å²) in [4.78, 5) is 29.5. The lowest BCUT2D eigenvalue weighted by atomic mass is 10.3. The van der Waals surface area contributed by atoms with E-state index >= 15 is 0 Å². The number of isocyanates is 2. The summed E-state index contributed by atoms with van der Waals surface area (Å²) in [5, 5.41) is 0. The second kappa shape index (κ2) is 7.48. The fourth-order valence-electron chi connectivity index (χ4n) is 1.41. The highest BCUT2D eigenvalue weighted by Gasteiger charge is 2.00. The van der Waals surface area contributed by atoms with E-state index in [1.807, 2.05) is 24.3 Å². The van der Waals surface area contributed by atoms with Crippen molar-refractivity contribution < 1.29 is 9.59 Å². The molecule has 0 saturated heterocycles. The van der Waals surface area contributed by atoms with E-state index in [4.69, 9.17) is 0 Å². The van der Waals surface area contributed by atoms with E-state index in [-0.39, 0.29) is 0 Å². The van der Waals surface area contributed by atoms with Gasteiger partial charge in [-0.1, -0.05) is 33.7 Å². The van der Waals surface area contributed by atoms with Gasteiger partial charge < -0.3 is 0 Å². The number of hydrogen-bond donors (Lipinski definition) is 0. The van der Waals surface area contributed by atoms with Crippen molar-refractivity contribution in [1.82, 2.24) is 0 Å².